The van der Waals surface area contributed by atoms with Gasteiger partial charge in [0.15, 0.2) is 0 Å². The Morgan fingerprint density at radius 3 is 2.90 bits per heavy atom. The van der Waals surface area contributed by atoms with E-state index in [9.17, 15) is 4.79 Å². The molecule has 0 spiro atoms. The molecule has 0 amide bonds. The minimum absolute atomic E-state index is 0.0296. The first kappa shape index (κ1) is 13.6. The van der Waals surface area contributed by atoms with Crippen molar-refractivity contribution in [1.82, 2.24) is 0 Å². The molecule has 2 atom stereocenters. The van der Waals surface area contributed by atoms with Crippen molar-refractivity contribution in [1.29, 1.82) is 0 Å². The molecule has 20 heavy (non-hydrogen) atoms. The van der Waals surface area contributed by atoms with E-state index in [0.717, 1.165) is 19.3 Å². The number of carbonyl (C=O) groups excluding carboxylic acids is 1. The standard InChI is InChI=1S/C17H22O3/c1-11(2)19-10-14-9-16(14)17(18)20-15-7-6-12-4-3-5-13(12)8-15/h6-8,11,14,16H,3-5,9-10H2,1-2H3/t14-,16+/m0/s1. The van der Waals surface area contributed by atoms with Gasteiger partial charge in [0.1, 0.15) is 5.75 Å². The van der Waals surface area contributed by atoms with Crippen LogP contribution in [0.1, 0.15) is 37.8 Å². The van der Waals surface area contributed by atoms with Crippen LogP contribution >= 0.6 is 0 Å². The average molecular weight is 274 g/mol. The second-order valence-corrected chi connectivity index (χ2v) is 6.19. The Kier molecular flexibility index (Phi) is 3.79. The van der Waals surface area contributed by atoms with E-state index < -0.39 is 0 Å². The Hall–Kier alpha value is -1.35. The van der Waals surface area contributed by atoms with E-state index in [1.165, 1.54) is 17.5 Å². The van der Waals surface area contributed by atoms with Gasteiger partial charge in [0.2, 0.25) is 0 Å². The Bertz CT molecular complexity index is 507. The predicted octanol–water partition coefficient (Wildman–Crippen LogP) is 3.14. The summed E-state index contributed by atoms with van der Waals surface area (Å²) in [4.78, 5) is 12.1. The maximum absolute atomic E-state index is 12.1. The monoisotopic (exact) mass is 274 g/mol. The largest absolute Gasteiger partial charge is 0.426 e. The highest BCUT2D eigenvalue weighted by Gasteiger charge is 2.44. The molecule has 1 aromatic carbocycles. The minimum atomic E-state index is -0.0969. The van der Waals surface area contributed by atoms with Gasteiger partial charge in [-0.05, 0) is 68.7 Å². The summed E-state index contributed by atoms with van der Waals surface area (Å²) in [5.41, 5.74) is 2.74. The highest BCUT2D eigenvalue weighted by molar-refractivity contribution is 5.78. The Balaban J connectivity index is 1.52. The predicted molar refractivity (Wildman–Crippen MR) is 76.8 cm³/mol. The van der Waals surface area contributed by atoms with Crippen LogP contribution < -0.4 is 4.74 Å². The molecule has 1 fully saturated rings. The van der Waals surface area contributed by atoms with Crippen molar-refractivity contribution >= 4 is 5.97 Å². The zero-order chi connectivity index (χ0) is 14.1. The summed E-state index contributed by atoms with van der Waals surface area (Å²) >= 11 is 0. The number of esters is 1. The van der Waals surface area contributed by atoms with Crippen LogP contribution in [0, 0.1) is 11.8 Å². The van der Waals surface area contributed by atoms with Crippen LogP contribution in [-0.4, -0.2) is 18.7 Å². The zero-order valence-corrected chi connectivity index (χ0v) is 12.2. The van der Waals surface area contributed by atoms with Gasteiger partial charge in [-0.25, -0.2) is 0 Å². The fraction of sp³-hybridized carbons (Fsp3) is 0.588. The van der Waals surface area contributed by atoms with Gasteiger partial charge in [0.25, 0.3) is 0 Å². The van der Waals surface area contributed by atoms with E-state index in [1.807, 2.05) is 26.0 Å². The summed E-state index contributed by atoms with van der Waals surface area (Å²) in [5, 5.41) is 0. The number of rotatable bonds is 5. The SMILES string of the molecule is CC(C)OC[C@@H]1C[C@H]1C(=O)Oc1ccc2c(c1)CCC2. The molecule has 2 aliphatic rings. The summed E-state index contributed by atoms with van der Waals surface area (Å²) in [6, 6.07) is 6.05. The van der Waals surface area contributed by atoms with Gasteiger partial charge in [-0.3, -0.25) is 4.79 Å². The topological polar surface area (TPSA) is 35.5 Å². The van der Waals surface area contributed by atoms with Crippen molar-refractivity contribution in [2.75, 3.05) is 6.61 Å². The number of benzene rings is 1. The molecule has 3 rings (SSSR count). The maximum atomic E-state index is 12.1. The molecule has 0 N–H and O–H groups in total. The quantitative estimate of drug-likeness (QED) is 0.611. The molecule has 1 saturated carbocycles. The van der Waals surface area contributed by atoms with Crippen molar-refractivity contribution in [3.05, 3.63) is 29.3 Å². The molecule has 2 aliphatic carbocycles. The number of hydrogen-bond acceptors (Lipinski definition) is 3. The normalized spacial score (nSPS) is 23.8. The lowest BCUT2D eigenvalue weighted by Crippen LogP contribution is -2.14. The van der Waals surface area contributed by atoms with Gasteiger partial charge in [0.05, 0.1) is 18.6 Å². The van der Waals surface area contributed by atoms with E-state index in [4.69, 9.17) is 9.47 Å². The lowest BCUT2D eigenvalue weighted by molar-refractivity contribution is -0.136. The minimum Gasteiger partial charge on any atom is -0.426 e. The van der Waals surface area contributed by atoms with Gasteiger partial charge in [-0.1, -0.05) is 6.07 Å². The third-order valence-electron chi connectivity index (χ3n) is 4.16. The zero-order valence-electron chi connectivity index (χ0n) is 12.2. The van der Waals surface area contributed by atoms with Crippen molar-refractivity contribution in [2.24, 2.45) is 11.8 Å². The van der Waals surface area contributed by atoms with Crippen molar-refractivity contribution in [2.45, 2.75) is 45.6 Å². The highest BCUT2D eigenvalue weighted by atomic mass is 16.5. The van der Waals surface area contributed by atoms with Gasteiger partial charge < -0.3 is 9.47 Å². The van der Waals surface area contributed by atoms with Crippen LogP contribution in [0.3, 0.4) is 0 Å². The van der Waals surface area contributed by atoms with E-state index in [-0.39, 0.29) is 18.0 Å². The van der Waals surface area contributed by atoms with Gasteiger partial charge in [-0.2, -0.15) is 0 Å². The number of fused-ring (bicyclic) bond motifs is 1. The molecule has 0 unspecified atom stereocenters. The number of aryl methyl sites for hydroxylation is 2. The van der Waals surface area contributed by atoms with E-state index in [0.29, 0.717) is 18.3 Å². The highest BCUT2D eigenvalue weighted by Crippen LogP contribution is 2.40. The summed E-state index contributed by atoms with van der Waals surface area (Å²) in [5.74, 6) is 0.979. The Morgan fingerprint density at radius 2 is 2.10 bits per heavy atom. The number of ether oxygens (including phenoxy) is 2. The molecule has 3 nitrogen and oxygen atoms in total. The lowest BCUT2D eigenvalue weighted by Gasteiger charge is -2.08. The van der Waals surface area contributed by atoms with Crippen LogP contribution in [0.2, 0.25) is 0 Å². The van der Waals surface area contributed by atoms with Crippen LogP contribution in [0.5, 0.6) is 5.75 Å². The summed E-state index contributed by atoms with van der Waals surface area (Å²) in [6.45, 7) is 4.70. The lowest BCUT2D eigenvalue weighted by atomic mass is 10.1. The van der Waals surface area contributed by atoms with Gasteiger partial charge in [-0.15, -0.1) is 0 Å². The summed E-state index contributed by atoms with van der Waals surface area (Å²) in [7, 11) is 0. The second kappa shape index (κ2) is 5.57. The van der Waals surface area contributed by atoms with Crippen LogP contribution in [0.4, 0.5) is 0 Å². The number of hydrogen-bond donors (Lipinski definition) is 0. The van der Waals surface area contributed by atoms with Crippen molar-refractivity contribution < 1.29 is 14.3 Å². The molecule has 1 aromatic rings. The van der Waals surface area contributed by atoms with Crippen molar-refractivity contribution in [3.8, 4) is 5.75 Å². The Labute approximate surface area is 120 Å². The molecule has 0 bridgehead atoms. The van der Waals surface area contributed by atoms with Gasteiger partial charge >= 0.3 is 5.97 Å². The van der Waals surface area contributed by atoms with E-state index >= 15 is 0 Å². The second-order valence-electron chi connectivity index (χ2n) is 6.19. The smallest absolute Gasteiger partial charge is 0.314 e. The molecule has 3 heteroatoms. The van der Waals surface area contributed by atoms with Crippen LogP contribution in [0.25, 0.3) is 0 Å². The molecular formula is C17H22O3. The Morgan fingerprint density at radius 1 is 1.30 bits per heavy atom. The number of carbonyl (C=O) groups is 1. The molecule has 0 aliphatic heterocycles. The first-order valence-electron chi connectivity index (χ1n) is 7.58. The third-order valence-corrected chi connectivity index (χ3v) is 4.16. The van der Waals surface area contributed by atoms with Crippen molar-refractivity contribution in [3.63, 3.8) is 0 Å². The fourth-order valence-corrected chi connectivity index (χ4v) is 2.84. The molecule has 0 aromatic heterocycles. The summed E-state index contributed by atoms with van der Waals surface area (Å²) in [6.07, 6.45) is 4.60. The van der Waals surface area contributed by atoms with E-state index in [2.05, 4.69) is 6.07 Å². The fourth-order valence-electron chi connectivity index (χ4n) is 2.84. The van der Waals surface area contributed by atoms with Crippen LogP contribution in [0.15, 0.2) is 18.2 Å². The molecule has 0 saturated heterocycles. The average Bonchev–Trinajstić information content (AvgIpc) is 3.05. The van der Waals surface area contributed by atoms with Gasteiger partial charge in [0, 0.05) is 0 Å². The summed E-state index contributed by atoms with van der Waals surface area (Å²) < 4.78 is 11.1. The maximum Gasteiger partial charge on any atom is 0.314 e. The first-order chi connectivity index (χ1) is 9.63. The molecule has 108 valence electrons. The molecular weight excluding hydrogens is 252 g/mol. The molecule has 0 radical (unpaired) electrons. The first-order valence-corrected chi connectivity index (χ1v) is 7.58. The van der Waals surface area contributed by atoms with Crippen LogP contribution in [-0.2, 0) is 22.4 Å². The third kappa shape index (κ3) is 3.04. The van der Waals surface area contributed by atoms with E-state index in [1.54, 1.807) is 0 Å². The molecule has 0 heterocycles.